The summed E-state index contributed by atoms with van der Waals surface area (Å²) in [6.45, 7) is 4.46. The molecule has 0 atom stereocenters. The molecule has 0 N–H and O–H groups in total. The van der Waals surface area contributed by atoms with Crippen LogP contribution >= 0.6 is 0 Å². The van der Waals surface area contributed by atoms with Crippen LogP contribution in [0.15, 0.2) is 72.4 Å². The fraction of sp³-hybridized carbons (Fsp3) is 0.185. The Balaban J connectivity index is 1.72. The second-order valence-electron chi connectivity index (χ2n) is 8.35. The molecular weight excluding hydrogens is 403 g/mol. The first-order valence-electron chi connectivity index (χ1n) is 10.8. The third-order valence-corrected chi connectivity index (χ3v) is 6.18. The van der Waals surface area contributed by atoms with E-state index in [0.29, 0.717) is 29.1 Å². The van der Waals surface area contributed by atoms with Crippen LogP contribution in [0, 0.1) is 19.7 Å². The van der Waals surface area contributed by atoms with Crippen molar-refractivity contribution in [2.45, 2.75) is 26.7 Å². The van der Waals surface area contributed by atoms with Crippen LogP contribution in [-0.4, -0.2) is 18.4 Å². The van der Waals surface area contributed by atoms with Gasteiger partial charge in [-0.2, -0.15) is 0 Å². The van der Waals surface area contributed by atoms with Gasteiger partial charge in [0.15, 0.2) is 0 Å². The van der Waals surface area contributed by atoms with E-state index in [9.17, 15) is 14.0 Å². The molecule has 0 aromatic heterocycles. The fourth-order valence-corrected chi connectivity index (χ4v) is 4.59. The summed E-state index contributed by atoms with van der Waals surface area (Å²) in [7, 11) is 0. The molecule has 0 aliphatic carbocycles. The van der Waals surface area contributed by atoms with Gasteiger partial charge in [0.2, 0.25) is 0 Å². The molecule has 160 valence electrons. The van der Waals surface area contributed by atoms with Crippen molar-refractivity contribution in [3.05, 3.63) is 100 Å². The molecular formula is C27H23FN2O2. The van der Waals surface area contributed by atoms with Crippen molar-refractivity contribution in [2.24, 2.45) is 0 Å². The highest BCUT2D eigenvalue weighted by atomic mass is 19.1. The van der Waals surface area contributed by atoms with Crippen LogP contribution in [0.2, 0.25) is 0 Å². The molecule has 2 aliphatic rings. The number of fused-ring (bicyclic) bond motifs is 1. The summed E-state index contributed by atoms with van der Waals surface area (Å²) in [5.74, 6) is -1.12. The predicted molar refractivity (Wildman–Crippen MR) is 124 cm³/mol. The van der Waals surface area contributed by atoms with Crippen molar-refractivity contribution in [1.82, 2.24) is 0 Å². The number of hydrogen-bond donors (Lipinski definition) is 0. The maximum absolute atomic E-state index is 13.9. The Morgan fingerprint density at radius 1 is 0.844 bits per heavy atom. The minimum Gasteiger partial charge on any atom is -0.336 e. The van der Waals surface area contributed by atoms with Crippen molar-refractivity contribution in [2.75, 3.05) is 16.3 Å². The second-order valence-corrected chi connectivity index (χ2v) is 8.35. The number of aryl methyl sites for hydroxylation is 3. The Hall–Kier alpha value is -3.73. The third-order valence-electron chi connectivity index (χ3n) is 6.18. The van der Waals surface area contributed by atoms with Gasteiger partial charge in [0.05, 0.1) is 11.3 Å². The van der Waals surface area contributed by atoms with Crippen molar-refractivity contribution >= 4 is 28.8 Å². The Bertz CT molecular complexity index is 1280. The number of carbonyl (C=O) groups excluding carboxylic acids is 2. The van der Waals surface area contributed by atoms with Crippen molar-refractivity contribution < 1.29 is 14.0 Å². The van der Waals surface area contributed by atoms with Gasteiger partial charge >= 0.3 is 0 Å². The Labute approximate surface area is 186 Å². The molecule has 0 bridgehead atoms. The molecule has 0 radical (unpaired) electrons. The van der Waals surface area contributed by atoms with E-state index in [1.807, 2.05) is 55.1 Å². The Morgan fingerprint density at radius 2 is 1.59 bits per heavy atom. The van der Waals surface area contributed by atoms with Gasteiger partial charge in [-0.3, -0.25) is 9.59 Å². The van der Waals surface area contributed by atoms with E-state index in [0.717, 1.165) is 35.2 Å². The lowest BCUT2D eigenvalue weighted by Crippen LogP contribution is -2.37. The summed E-state index contributed by atoms with van der Waals surface area (Å²) >= 11 is 0. The third kappa shape index (κ3) is 3.21. The summed E-state index contributed by atoms with van der Waals surface area (Å²) in [6.07, 6.45) is 1.80. The van der Waals surface area contributed by atoms with E-state index >= 15 is 0 Å². The van der Waals surface area contributed by atoms with Crippen LogP contribution in [0.3, 0.4) is 0 Å². The molecule has 32 heavy (non-hydrogen) atoms. The highest BCUT2D eigenvalue weighted by Crippen LogP contribution is 2.40. The Kier molecular flexibility index (Phi) is 4.89. The maximum Gasteiger partial charge on any atom is 0.282 e. The fourth-order valence-electron chi connectivity index (χ4n) is 4.59. The molecule has 2 heterocycles. The standard InChI is InChI=1S/C27H23FN2O2/c1-17-9-10-18(2)23(16-17)30-26(31)24(20-11-13-21(28)14-12-20)25(27(30)32)29-15-5-7-19-6-3-4-8-22(19)29/h3-4,6,8-14,16H,5,7,15H2,1-2H3. The maximum atomic E-state index is 13.9. The second kappa shape index (κ2) is 7.75. The molecule has 5 rings (SSSR count). The quantitative estimate of drug-likeness (QED) is 0.542. The largest absolute Gasteiger partial charge is 0.336 e. The molecule has 2 aliphatic heterocycles. The van der Waals surface area contributed by atoms with Crippen molar-refractivity contribution in [1.29, 1.82) is 0 Å². The highest BCUT2D eigenvalue weighted by Gasteiger charge is 2.44. The van der Waals surface area contributed by atoms with E-state index in [-0.39, 0.29) is 17.6 Å². The summed E-state index contributed by atoms with van der Waals surface area (Å²) in [4.78, 5) is 30.9. The van der Waals surface area contributed by atoms with Crippen LogP contribution in [0.25, 0.3) is 5.57 Å². The van der Waals surface area contributed by atoms with E-state index in [1.54, 1.807) is 12.1 Å². The first-order chi connectivity index (χ1) is 15.5. The van der Waals surface area contributed by atoms with Crippen LogP contribution in [0.4, 0.5) is 15.8 Å². The summed E-state index contributed by atoms with van der Waals surface area (Å²) in [6, 6.07) is 19.5. The van der Waals surface area contributed by atoms with Crippen LogP contribution in [0.5, 0.6) is 0 Å². The molecule has 0 saturated heterocycles. The number of nitrogens with zero attached hydrogens (tertiary/aromatic N) is 2. The van der Waals surface area contributed by atoms with Crippen molar-refractivity contribution in [3.8, 4) is 0 Å². The molecule has 2 amide bonds. The number of para-hydroxylation sites is 1. The molecule has 3 aromatic rings. The van der Waals surface area contributed by atoms with Crippen LogP contribution < -0.4 is 9.80 Å². The molecule has 0 spiro atoms. The molecule has 5 heteroatoms. The number of halogens is 1. The number of imide groups is 1. The number of carbonyl (C=O) groups is 2. The average molecular weight is 426 g/mol. The van der Waals surface area contributed by atoms with Crippen LogP contribution in [-0.2, 0) is 16.0 Å². The van der Waals surface area contributed by atoms with Gasteiger partial charge < -0.3 is 4.90 Å². The van der Waals surface area contributed by atoms with E-state index in [4.69, 9.17) is 0 Å². The van der Waals surface area contributed by atoms with Gasteiger partial charge in [0, 0.05) is 12.2 Å². The summed E-state index contributed by atoms with van der Waals surface area (Å²) in [5, 5.41) is 0. The number of hydrogen-bond acceptors (Lipinski definition) is 3. The van der Waals surface area contributed by atoms with Gasteiger partial charge in [-0.1, -0.05) is 42.5 Å². The van der Waals surface area contributed by atoms with E-state index in [1.165, 1.54) is 17.0 Å². The molecule has 3 aromatic carbocycles. The molecule has 0 saturated carbocycles. The summed E-state index contributed by atoms with van der Waals surface area (Å²) in [5.41, 5.74) is 5.69. The van der Waals surface area contributed by atoms with Gasteiger partial charge in [0.25, 0.3) is 11.8 Å². The van der Waals surface area contributed by atoms with Gasteiger partial charge in [-0.05, 0) is 73.2 Å². The van der Waals surface area contributed by atoms with Gasteiger partial charge in [-0.25, -0.2) is 9.29 Å². The highest BCUT2D eigenvalue weighted by molar-refractivity contribution is 6.46. The number of benzene rings is 3. The number of anilines is 2. The van der Waals surface area contributed by atoms with E-state index in [2.05, 4.69) is 6.07 Å². The zero-order valence-corrected chi connectivity index (χ0v) is 18.1. The zero-order chi connectivity index (χ0) is 22.4. The number of rotatable bonds is 3. The minimum atomic E-state index is -0.387. The zero-order valence-electron chi connectivity index (χ0n) is 18.1. The SMILES string of the molecule is Cc1ccc(C)c(N2C(=O)C(c3ccc(F)cc3)=C(N3CCCc4ccccc43)C2=O)c1. The lowest BCUT2D eigenvalue weighted by atomic mass is 9.98. The average Bonchev–Trinajstić information content (AvgIpc) is 3.05. The first-order valence-corrected chi connectivity index (χ1v) is 10.8. The smallest absolute Gasteiger partial charge is 0.282 e. The van der Waals surface area contributed by atoms with Gasteiger partial charge in [0.1, 0.15) is 11.5 Å². The monoisotopic (exact) mass is 426 g/mol. The molecule has 4 nitrogen and oxygen atoms in total. The Morgan fingerprint density at radius 3 is 2.38 bits per heavy atom. The molecule has 0 fully saturated rings. The lowest BCUT2D eigenvalue weighted by Gasteiger charge is -2.32. The lowest BCUT2D eigenvalue weighted by molar-refractivity contribution is -0.120. The first kappa shape index (κ1) is 20.2. The molecule has 0 unspecified atom stereocenters. The predicted octanol–water partition coefficient (Wildman–Crippen LogP) is 5.18. The minimum absolute atomic E-state index is 0.313. The topological polar surface area (TPSA) is 40.6 Å². The van der Waals surface area contributed by atoms with E-state index < -0.39 is 0 Å². The summed E-state index contributed by atoms with van der Waals surface area (Å²) < 4.78 is 13.6. The van der Waals surface area contributed by atoms with Crippen LogP contribution in [0.1, 0.15) is 28.7 Å². The van der Waals surface area contributed by atoms with Crippen molar-refractivity contribution in [3.63, 3.8) is 0 Å². The normalized spacial score (nSPS) is 16.1. The number of amides is 2. The van der Waals surface area contributed by atoms with Gasteiger partial charge in [-0.15, -0.1) is 0 Å².